The first kappa shape index (κ1) is 46.2. The summed E-state index contributed by atoms with van der Waals surface area (Å²) in [4.78, 5) is 96.1. The van der Waals surface area contributed by atoms with Gasteiger partial charge in [0.2, 0.25) is 12.2 Å². The molecule has 0 aromatic carbocycles. The number of nitrogens with one attached hydrogen (secondary N) is 1. The SMILES string of the molecule is CC(=O)OC[C@@H]1C[C@@H](OC(C)=O)C(OC(C)=O)O1.CC(=O)OC[C@@H]1C[C@@H](OC(C)=O)[C@H](n2c(=O)sc3cnc(C)nc32)O1.Nc1ncc2sc(=O)[nH]c2n1.[B][B][B]. The molecule has 1 unspecified atom stereocenters. The number of aromatic nitrogens is 6. The molecule has 6 rings (SSSR count). The number of aryl methyl sites for hydroxylation is 1. The average Bonchev–Trinajstić information content (AvgIpc) is 3.86. The van der Waals surface area contributed by atoms with Gasteiger partial charge < -0.3 is 38.9 Å². The average molecular weight is 828 g/mol. The minimum atomic E-state index is -0.952. The van der Waals surface area contributed by atoms with Crippen LogP contribution in [0.1, 0.15) is 59.5 Å². The molecule has 57 heavy (non-hydrogen) atoms. The van der Waals surface area contributed by atoms with Crippen molar-refractivity contribution in [3.8, 4) is 0 Å². The summed E-state index contributed by atoms with van der Waals surface area (Å²) < 4.78 is 38.8. The number of anilines is 1. The Morgan fingerprint density at radius 2 is 1.37 bits per heavy atom. The van der Waals surface area contributed by atoms with Crippen molar-refractivity contribution in [3.05, 3.63) is 37.6 Å². The van der Waals surface area contributed by atoms with E-state index in [1.54, 1.807) is 13.1 Å². The Morgan fingerprint density at radius 1 is 0.825 bits per heavy atom. The van der Waals surface area contributed by atoms with Crippen molar-refractivity contribution in [2.24, 2.45) is 0 Å². The van der Waals surface area contributed by atoms with Crippen molar-refractivity contribution in [3.63, 3.8) is 0 Å². The monoisotopic (exact) mass is 828 g/mol. The molecule has 26 heteroatoms. The van der Waals surface area contributed by atoms with E-state index in [4.69, 9.17) is 38.9 Å². The molecule has 6 atom stereocenters. The number of thiazole rings is 2. The third-order valence-corrected chi connectivity index (χ3v) is 8.75. The Balaban J connectivity index is 0.000000236. The number of carbonyl (C=O) groups excluding carboxylic acids is 5. The number of hydrogen-bond donors (Lipinski definition) is 2. The number of esters is 5. The summed E-state index contributed by atoms with van der Waals surface area (Å²) in [5.74, 6) is -1.69. The lowest BCUT2D eigenvalue weighted by atomic mass is 9.40. The Morgan fingerprint density at radius 3 is 1.95 bits per heavy atom. The molecule has 5 radical (unpaired) electrons. The molecule has 21 nitrogen and oxygen atoms in total. The van der Waals surface area contributed by atoms with Crippen molar-refractivity contribution in [1.29, 1.82) is 0 Å². The molecule has 0 bridgehead atoms. The van der Waals surface area contributed by atoms with Gasteiger partial charge in [0.15, 0.2) is 23.6 Å². The van der Waals surface area contributed by atoms with Crippen molar-refractivity contribution in [1.82, 2.24) is 29.5 Å². The molecule has 4 aromatic heterocycles. The van der Waals surface area contributed by atoms with Crippen LogP contribution in [0.3, 0.4) is 0 Å². The van der Waals surface area contributed by atoms with Gasteiger partial charge >= 0.3 is 39.6 Å². The zero-order chi connectivity index (χ0) is 42.4. The van der Waals surface area contributed by atoms with Crippen LogP contribution in [0.2, 0.25) is 0 Å². The molecular weight excluding hydrogens is 791 g/mol. The fraction of sp³-hybridized carbons (Fsp3) is 0.516. The minimum absolute atomic E-state index is 0.0223. The van der Waals surface area contributed by atoms with E-state index in [1.807, 2.05) is 0 Å². The first-order valence-electron chi connectivity index (χ1n) is 16.7. The highest BCUT2D eigenvalue weighted by Gasteiger charge is 2.42. The maximum absolute atomic E-state index is 12.4. The van der Waals surface area contributed by atoms with E-state index in [-0.39, 0.29) is 28.9 Å². The quantitative estimate of drug-likeness (QED) is 0.133. The van der Waals surface area contributed by atoms with Crippen LogP contribution < -0.4 is 15.5 Å². The third-order valence-electron chi connectivity index (χ3n) is 7.06. The van der Waals surface area contributed by atoms with E-state index >= 15 is 0 Å². The van der Waals surface area contributed by atoms with Gasteiger partial charge in [-0.2, -0.15) is 4.98 Å². The van der Waals surface area contributed by atoms with Gasteiger partial charge in [0.1, 0.15) is 25.1 Å². The highest BCUT2D eigenvalue weighted by atomic mass is 32.1. The summed E-state index contributed by atoms with van der Waals surface area (Å²) in [5, 5.41) is 0. The van der Waals surface area contributed by atoms with Crippen molar-refractivity contribution in [2.75, 3.05) is 18.9 Å². The van der Waals surface area contributed by atoms with Gasteiger partial charge in [0.25, 0.3) is 0 Å². The second-order valence-electron chi connectivity index (χ2n) is 11.7. The fourth-order valence-electron chi connectivity index (χ4n) is 5.10. The standard InChI is InChI=1S/C15H17N3O6S.C11H16O7.C5H4N4OS.B3/c1-7-16-5-12-13(17-7)18(15(21)25-12)14-11(23-9(3)20)4-10(24-14)6-22-8(2)19;1-6(12)15-5-9-4-10(16-7(2)13)11(18-9)17-8(3)14;6-4-7-1-2-3(8-4)9-5(10)11-2;1-3-2/h5,10-11,14H,4,6H2,1-3H3;9-11H,4-5H2,1-3H3;1H,(H3,6,7,8,9,10);/t10-,11+,14+;9-,10+,11?;;/m00../s1. The maximum Gasteiger partial charge on any atom is 0.311 e. The molecule has 2 fully saturated rings. The van der Waals surface area contributed by atoms with E-state index < -0.39 is 66.8 Å². The second-order valence-corrected chi connectivity index (χ2v) is 13.8. The van der Waals surface area contributed by atoms with Gasteiger partial charge in [0.05, 0.1) is 34.0 Å². The van der Waals surface area contributed by atoms with Crippen LogP contribution in [0.15, 0.2) is 22.0 Å². The van der Waals surface area contributed by atoms with E-state index in [0.29, 0.717) is 34.7 Å². The summed E-state index contributed by atoms with van der Waals surface area (Å²) in [6, 6.07) is 0. The molecular formula is C31H37B3N7O14S2. The molecule has 4 aromatic rings. The Bertz CT molecular complexity index is 2120. The van der Waals surface area contributed by atoms with E-state index in [9.17, 15) is 33.6 Å². The lowest BCUT2D eigenvalue weighted by Crippen LogP contribution is -2.30. The number of carbonyl (C=O) groups is 5. The highest BCUT2D eigenvalue weighted by Crippen LogP contribution is 2.33. The number of fused-ring (bicyclic) bond motifs is 2. The van der Waals surface area contributed by atoms with Gasteiger partial charge in [-0.3, -0.25) is 43.1 Å². The first-order valence-corrected chi connectivity index (χ1v) is 18.3. The number of aromatic amines is 1. The van der Waals surface area contributed by atoms with Crippen molar-refractivity contribution < 1.29 is 57.1 Å². The predicted molar refractivity (Wildman–Crippen MR) is 204 cm³/mol. The van der Waals surface area contributed by atoms with Gasteiger partial charge in [-0.15, -0.1) is 0 Å². The Labute approximate surface area is 335 Å². The van der Waals surface area contributed by atoms with E-state index in [0.717, 1.165) is 34.4 Å². The zero-order valence-electron chi connectivity index (χ0n) is 31.5. The third kappa shape index (κ3) is 14.7. The minimum Gasteiger partial charge on any atom is -0.463 e. The summed E-state index contributed by atoms with van der Waals surface area (Å²) in [5.41, 5.74) is 6.23. The Hall–Kier alpha value is -5.20. The molecule has 6 heterocycles. The number of ether oxygens (including phenoxy) is 7. The summed E-state index contributed by atoms with van der Waals surface area (Å²) >= 11 is 2.06. The lowest BCUT2D eigenvalue weighted by molar-refractivity contribution is -0.196. The molecule has 0 amide bonds. The van der Waals surface area contributed by atoms with E-state index in [1.165, 1.54) is 45.4 Å². The lowest BCUT2D eigenvalue weighted by Gasteiger charge is -2.19. The number of nitrogens with zero attached hydrogens (tertiary/aromatic N) is 5. The molecule has 0 spiro atoms. The molecule has 301 valence electrons. The van der Waals surface area contributed by atoms with Crippen LogP contribution in [0, 0.1) is 6.92 Å². The van der Waals surface area contributed by atoms with Crippen molar-refractivity contribution >= 4 is 102 Å². The normalized spacial score (nSPS) is 20.7. The Kier molecular flexibility index (Phi) is 17.8. The summed E-state index contributed by atoms with van der Waals surface area (Å²) in [7, 11) is 10.0. The smallest absolute Gasteiger partial charge is 0.311 e. The molecule has 2 saturated heterocycles. The van der Waals surface area contributed by atoms with Crippen LogP contribution in [0.25, 0.3) is 20.7 Å². The summed E-state index contributed by atoms with van der Waals surface area (Å²) in [6.07, 6.45) is -0.351. The van der Waals surface area contributed by atoms with Crippen LogP contribution in [0.5, 0.6) is 0 Å². The maximum atomic E-state index is 12.4. The second kappa shape index (κ2) is 21.9. The van der Waals surface area contributed by atoms with Gasteiger partial charge in [0, 0.05) is 70.0 Å². The van der Waals surface area contributed by atoms with Crippen LogP contribution in [-0.2, 0) is 57.1 Å². The number of nitrogens with two attached hydrogens (primary N) is 1. The number of nitrogen functional groups attached to an aromatic ring is 1. The topological polar surface area (TPSA) is 282 Å². The van der Waals surface area contributed by atoms with Gasteiger partial charge in [-0.25, -0.2) is 15.0 Å². The first-order chi connectivity index (χ1) is 26.9. The molecule has 0 saturated carbocycles. The zero-order valence-corrected chi connectivity index (χ0v) is 33.2. The van der Waals surface area contributed by atoms with Crippen LogP contribution in [0.4, 0.5) is 5.95 Å². The van der Waals surface area contributed by atoms with Gasteiger partial charge in [-0.05, 0) is 6.92 Å². The number of H-pyrrole nitrogens is 1. The fourth-order valence-corrected chi connectivity index (χ4v) is 6.57. The molecule has 2 aliphatic rings. The van der Waals surface area contributed by atoms with E-state index in [2.05, 4.69) is 40.4 Å². The predicted octanol–water partition coefficient (Wildman–Crippen LogP) is -0.0776. The van der Waals surface area contributed by atoms with Crippen LogP contribution >= 0.6 is 22.7 Å². The highest BCUT2D eigenvalue weighted by molar-refractivity contribution is 7.17. The number of rotatable bonds is 8. The molecule has 2 aliphatic heterocycles. The summed E-state index contributed by atoms with van der Waals surface area (Å²) in [6.45, 7) is 8.12. The molecule has 0 aliphatic carbocycles. The van der Waals surface area contributed by atoms with Crippen molar-refractivity contribution in [2.45, 2.75) is 91.3 Å². The number of hydrogen-bond acceptors (Lipinski definition) is 21. The van der Waals surface area contributed by atoms with Gasteiger partial charge in [-0.1, -0.05) is 22.7 Å². The molecule has 3 N–H and O–H groups in total. The van der Waals surface area contributed by atoms with Crippen LogP contribution in [-0.4, -0.2) is 126 Å². The largest absolute Gasteiger partial charge is 0.463 e.